The molecule has 0 bridgehead atoms. The van der Waals surface area contributed by atoms with Gasteiger partial charge < -0.3 is 15.5 Å². The largest absolute Gasteiger partial charge is 0.340 e. The van der Waals surface area contributed by atoms with Crippen molar-refractivity contribution in [3.8, 4) is 0 Å². The van der Waals surface area contributed by atoms with Gasteiger partial charge in [-0.3, -0.25) is 4.79 Å². The summed E-state index contributed by atoms with van der Waals surface area (Å²) in [5, 5.41) is 6.29. The minimum Gasteiger partial charge on any atom is -0.340 e. The maximum atomic E-state index is 12.1. The number of hydrogen-bond acceptors (Lipinski definition) is 5. The number of sulfone groups is 1. The molecule has 0 aromatic rings. The number of amides is 1. The van der Waals surface area contributed by atoms with Crippen molar-refractivity contribution in [1.82, 2.24) is 15.5 Å². The Labute approximate surface area is 102 Å². The quantitative estimate of drug-likeness (QED) is 0.613. The second-order valence-corrected chi connectivity index (χ2v) is 6.95. The molecule has 2 heterocycles. The first-order valence-electron chi connectivity index (χ1n) is 5.91. The van der Waals surface area contributed by atoms with Gasteiger partial charge in [-0.1, -0.05) is 0 Å². The van der Waals surface area contributed by atoms with Gasteiger partial charge in [-0.15, -0.1) is 0 Å². The number of rotatable bonds is 2. The first kappa shape index (κ1) is 12.8. The molecular formula is C10H19N3O3S. The standard InChI is InChI=1S/C10H19N3O3S/c1-13(8-2-5-17(15,16)7-8)10(14)9-6-11-3-4-12-9/h8-9,11-12H,2-7H2,1H3. The van der Waals surface area contributed by atoms with E-state index in [0.29, 0.717) is 13.0 Å². The number of nitrogens with zero attached hydrogens (tertiary/aromatic N) is 1. The van der Waals surface area contributed by atoms with Crippen molar-refractivity contribution in [3.05, 3.63) is 0 Å². The van der Waals surface area contributed by atoms with E-state index in [9.17, 15) is 13.2 Å². The Morgan fingerprint density at radius 3 is 2.65 bits per heavy atom. The molecule has 0 aromatic heterocycles. The molecule has 2 rings (SSSR count). The zero-order valence-corrected chi connectivity index (χ0v) is 10.8. The van der Waals surface area contributed by atoms with Gasteiger partial charge in [0, 0.05) is 32.7 Å². The molecule has 1 amide bonds. The number of carbonyl (C=O) groups excluding carboxylic acids is 1. The van der Waals surface area contributed by atoms with E-state index in [1.54, 1.807) is 11.9 Å². The highest BCUT2D eigenvalue weighted by Crippen LogP contribution is 2.17. The van der Waals surface area contributed by atoms with E-state index in [1.165, 1.54) is 0 Å². The van der Waals surface area contributed by atoms with Crippen molar-refractivity contribution < 1.29 is 13.2 Å². The van der Waals surface area contributed by atoms with E-state index in [2.05, 4.69) is 10.6 Å². The summed E-state index contributed by atoms with van der Waals surface area (Å²) in [6, 6.07) is -0.381. The fourth-order valence-corrected chi connectivity index (χ4v) is 4.11. The first-order chi connectivity index (χ1) is 7.99. The summed E-state index contributed by atoms with van der Waals surface area (Å²) in [7, 11) is -1.24. The maximum Gasteiger partial charge on any atom is 0.241 e. The second kappa shape index (κ2) is 4.91. The lowest BCUT2D eigenvalue weighted by Gasteiger charge is -2.31. The van der Waals surface area contributed by atoms with Gasteiger partial charge in [0.2, 0.25) is 5.91 Å². The van der Waals surface area contributed by atoms with Crippen LogP contribution in [0.4, 0.5) is 0 Å². The molecule has 2 saturated heterocycles. The number of hydrogen-bond donors (Lipinski definition) is 2. The van der Waals surface area contributed by atoms with Gasteiger partial charge in [0.1, 0.15) is 0 Å². The van der Waals surface area contributed by atoms with Crippen LogP contribution in [-0.2, 0) is 14.6 Å². The average Bonchev–Trinajstić information content (AvgIpc) is 2.69. The Morgan fingerprint density at radius 1 is 1.35 bits per heavy atom. The van der Waals surface area contributed by atoms with E-state index in [-0.39, 0.29) is 29.5 Å². The van der Waals surface area contributed by atoms with Gasteiger partial charge in [-0.25, -0.2) is 8.42 Å². The fraction of sp³-hybridized carbons (Fsp3) is 0.900. The number of nitrogens with one attached hydrogen (secondary N) is 2. The Hall–Kier alpha value is -0.660. The summed E-state index contributed by atoms with van der Waals surface area (Å²) < 4.78 is 22.8. The highest BCUT2D eigenvalue weighted by molar-refractivity contribution is 7.91. The molecular weight excluding hydrogens is 242 g/mol. The molecule has 2 atom stereocenters. The van der Waals surface area contributed by atoms with Crippen LogP contribution >= 0.6 is 0 Å². The van der Waals surface area contributed by atoms with Crippen LogP contribution in [0.3, 0.4) is 0 Å². The normalized spacial score (nSPS) is 32.3. The minimum absolute atomic E-state index is 0.0145. The van der Waals surface area contributed by atoms with Crippen LogP contribution in [0.1, 0.15) is 6.42 Å². The van der Waals surface area contributed by atoms with E-state index in [1.807, 2.05) is 0 Å². The van der Waals surface area contributed by atoms with Gasteiger partial charge in [0.15, 0.2) is 9.84 Å². The highest BCUT2D eigenvalue weighted by Gasteiger charge is 2.35. The van der Waals surface area contributed by atoms with Crippen molar-refractivity contribution >= 4 is 15.7 Å². The van der Waals surface area contributed by atoms with Gasteiger partial charge >= 0.3 is 0 Å². The summed E-state index contributed by atoms with van der Waals surface area (Å²) >= 11 is 0. The lowest BCUT2D eigenvalue weighted by molar-refractivity contribution is -0.134. The molecule has 0 aliphatic carbocycles. The third-order valence-electron chi connectivity index (χ3n) is 3.44. The lowest BCUT2D eigenvalue weighted by Crippen LogP contribution is -2.57. The molecule has 2 fully saturated rings. The molecule has 2 aliphatic rings. The van der Waals surface area contributed by atoms with Crippen LogP contribution in [0, 0.1) is 0 Å². The topological polar surface area (TPSA) is 78.5 Å². The van der Waals surface area contributed by atoms with E-state index >= 15 is 0 Å². The summed E-state index contributed by atoms with van der Waals surface area (Å²) in [5.41, 5.74) is 0. The fourth-order valence-electron chi connectivity index (χ4n) is 2.33. The molecule has 2 N–H and O–H groups in total. The van der Waals surface area contributed by atoms with E-state index in [0.717, 1.165) is 13.1 Å². The molecule has 98 valence electrons. The number of carbonyl (C=O) groups is 1. The molecule has 2 unspecified atom stereocenters. The Kier molecular flexibility index (Phi) is 3.70. The van der Waals surface area contributed by atoms with Crippen LogP contribution < -0.4 is 10.6 Å². The monoisotopic (exact) mass is 261 g/mol. The second-order valence-electron chi connectivity index (χ2n) is 4.72. The molecule has 17 heavy (non-hydrogen) atoms. The Bertz CT molecular complexity index is 390. The molecule has 2 aliphatic heterocycles. The number of piperazine rings is 1. The smallest absolute Gasteiger partial charge is 0.241 e. The number of likely N-dealkylation sites (N-methyl/N-ethyl adjacent to an activating group) is 1. The zero-order chi connectivity index (χ0) is 12.5. The molecule has 6 nitrogen and oxygen atoms in total. The van der Waals surface area contributed by atoms with Crippen LogP contribution in [0.15, 0.2) is 0 Å². The minimum atomic E-state index is -2.93. The lowest BCUT2D eigenvalue weighted by atomic mass is 10.1. The van der Waals surface area contributed by atoms with Crippen molar-refractivity contribution in [1.29, 1.82) is 0 Å². The van der Waals surface area contributed by atoms with Crippen molar-refractivity contribution in [2.75, 3.05) is 38.2 Å². The molecule has 0 radical (unpaired) electrons. The third-order valence-corrected chi connectivity index (χ3v) is 5.19. The SMILES string of the molecule is CN(C(=O)C1CNCCN1)C1CCS(=O)(=O)C1. The summed E-state index contributed by atoms with van der Waals surface area (Å²) in [4.78, 5) is 13.7. The average molecular weight is 261 g/mol. The molecule has 7 heteroatoms. The Morgan fingerprint density at radius 2 is 2.12 bits per heavy atom. The summed E-state index contributed by atoms with van der Waals surface area (Å²) in [6.45, 7) is 2.25. The van der Waals surface area contributed by atoms with Crippen molar-refractivity contribution in [2.45, 2.75) is 18.5 Å². The predicted octanol–water partition coefficient (Wildman–Crippen LogP) is -1.81. The predicted molar refractivity (Wildman–Crippen MR) is 64.5 cm³/mol. The molecule has 0 spiro atoms. The van der Waals surface area contributed by atoms with E-state index in [4.69, 9.17) is 0 Å². The summed E-state index contributed by atoms with van der Waals surface area (Å²) in [5.74, 6) is 0.292. The van der Waals surface area contributed by atoms with Crippen LogP contribution in [0.5, 0.6) is 0 Å². The Balaban J connectivity index is 1.95. The van der Waals surface area contributed by atoms with Crippen LogP contribution in [-0.4, -0.2) is 69.5 Å². The van der Waals surface area contributed by atoms with Gasteiger partial charge in [-0.2, -0.15) is 0 Å². The van der Waals surface area contributed by atoms with Gasteiger partial charge in [0.25, 0.3) is 0 Å². The summed E-state index contributed by atoms with van der Waals surface area (Å²) in [6.07, 6.45) is 0.560. The third kappa shape index (κ3) is 2.97. The maximum absolute atomic E-state index is 12.1. The molecule has 0 aromatic carbocycles. The molecule has 0 saturated carbocycles. The zero-order valence-electron chi connectivity index (χ0n) is 9.98. The van der Waals surface area contributed by atoms with Crippen LogP contribution in [0.2, 0.25) is 0 Å². The van der Waals surface area contributed by atoms with Gasteiger partial charge in [0.05, 0.1) is 17.5 Å². The van der Waals surface area contributed by atoms with Gasteiger partial charge in [-0.05, 0) is 6.42 Å². The van der Waals surface area contributed by atoms with Crippen molar-refractivity contribution in [2.24, 2.45) is 0 Å². The highest BCUT2D eigenvalue weighted by atomic mass is 32.2. The van der Waals surface area contributed by atoms with Crippen LogP contribution in [0.25, 0.3) is 0 Å². The van der Waals surface area contributed by atoms with E-state index < -0.39 is 9.84 Å². The first-order valence-corrected chi connectivity index (χ1v) is 7.73. The van der Waals surface area contributed by atoms with Crippen molar-refractivity contribution in [3.63, 3.8) is 0 Å².